The summed E-state index contributed by atoms with van der Waals surface area (Å²) in [5.74, 6) is -0.124. The molecule has 0 saturated heterocycles. The van der Waals surface area contributed by atoms with E-state index in [-0.39, 0.29) is 17.6 Å². The van der Waals surface area contributed by atoms with Crippen LogP contribution in [0.25, 0.3) is 0 Å². The molecule has 3 rings (SSSR count). The first-order chi connectivity index (χ1) is 13.8. The van der Waals surface area contributed by atoms with Gasteiger partial charge in [-0.2, -0.15) is 0 Å². The molecule has 0 bridgehead atoms. The predicted molar refractivity (Wildman–Crippen MR) is 119 cm³/mol. The molecular weight excluding hydrogens is 404 g/mol. The fourth-order valence-electron chi connectivity index (χ4n) is 2.57. The van der Waals surface area contributed by atoms with Crippen molar-refractivity contribution >= 4 is 45.7 Å². The zero-order valence-electron chi connectivity index (χ0n) is 16.7. The molecule has 0 aliphatic rings. The van der Waals surface area contributed by atoms with Crippen molar-refractivity contribution in [1.82, 2.24) is 10.2 Å². The number of carbonyl (C=O) groups excluding carboxylic acids is 2. The molecule has 2 N–H and O–H groups in total. The first kappa shape index (κ1) is 21.0. The van der Waals surface area contributed by atoms with Gasteiger partial charge < -0.3 is 5.32 Å². The number of thioether (sulfide) groups is 1. The number of aromatic nitrogens is 2. The van der Waals surface area contributed by atoms with Gasteiger partial charge in [-0.1, -0.05) is 41.3 Å². The number of nitrogens with zero attached hydrogens (tertiary/aromatic N) is 2. The molecule has 0 fully saturated rings. The highest BCUT2D eigenvalue weighted by atomic mass is 32.2. The van der Waals surface area contributed by atoms with E-state index < -0.39 is 0 Å². The van der Waals surface area contributed by atoms with Crippen LogP contribution in [-0.4, -0.2) is 27.8 Å². The van der Waals surface area contributed by atoms with E-state index in [2.05, 4.69) is 20.8 Å². The summed E-state index contributed by atoms with van der Waals surface area (Å²) in [6.45, 7) is 7.96. The lowest BCUT2D eigenvalue weighted by atomic mass is 10.1. The Balaban J connectivity index is 1.54. The van der Waals surface area contributed by atoms with E-state index in [0.717, 1.165) is 27.9 Å². The van der Waals surface area contributed by atoms with Crippen molar-refractivity contribution in [2.45, 2.75) is 32.0 Å². The number of nitrogens with one attached hydrogen (secondary N) is 2. The third kappa shape index (κ3) is 5.42. The molecule has 0 aliphatic carbocycles. The Morgan fingerprint density at radius 1 is 0.966 bits per heavy atom. The van der Waals surface area contributed by atoms with Gasteiger partial charge in [0.15, 0.2) is 4.34 Å². The SMILES string of the molecule is Cc1ccc(C(=O)Nc2nnc(SCC(=O)Nc3cccc(C)c3C)s2)cc1C. The molecule has 0 saturated carbocycles. The normalized spacial score (nSPS) is 10.6. The number of rotatable bonds is 6. The van der Waals surface area contributed by atoms with Gasteiger partial charge in [-0.25, -0.2) is 0 Å². The average molecular weight is 427 g/mol. The van der Waals surface area contributed by atoms with E-state index in [4.69, 9.17) is 0 Å². The highest BCUT2D eigenvalue weighted by Crippen LogP contribution is 2.26. The molecule has 0 atom stereocenters. The molecule has 2 aromatic carbocycles. The van der Waals surface area contributed by atoms with Crippen LogP contribution in [0.15, 0.2) is 40.7 Å². The van der Waals surface area contributed by atoms with Gasteiger partial charge in [0.1, 0.15) is 0 Å². The van der Waals surface area contributed by atoms with Gasteiger partial charge in [0, 0.05) is 11.3 Å². The monoisotopic (exact) mass is 426 g/mol. The topological polar surface area (TPSA) is 84.0 Å². The van der Waals surface area contributed by atoms with E-state index in [0.29, 0.717) is 15.0 Å². The zero-order valence-corrected chi connectivity index (χ0v) is 18.3. The molecule has 6 nitrogen and oxygen atoms in total. The van der Waals surface area contributed by atoms with Crippen molar-refractivity contribution in [2.75, 3.05) is 16.4 Å². The second kappa shape index (κ2) is 9.19. The Bertz CT molecular complexity index is 1060. The van der Waals surface area contributed by atoms with Crippen LogP contribution in [0.1, 0.15) is 32.6 Å². The van der Waals surface area contributed by atoms with Gasteiger partial charge in [0.2, 0.25) is 11.0 Å². The minimum atomic E-state index is -0.228. The molecule has 1 heterocycles. The summed E-state index contributed by atoms with van der Waals surface area (Å²) in [7, 11) is 0. The van der Waals surface area contributed by atoms with E-state index in [9.17, 15) is 9.59 Å². The van der Waals surface area contributed by atoms with E-state index >= 15 is 0 Å². The summed E-state index contributed by atoms with van der Waals surface area (Å²) in [6, 6.07) is 11.4. The summed E-state index contributed by atoms with van der Waals surface area (Å²) in [4.78, 5) is 24.6. The Hall–Kier alpha value is -2.71. The van der Waals surface area contributed by atoms with Crippen LogP contribution >= 0.6 is 23.1 Å². The van der Waals surface area contributed by atoms with Gasteiger partial charge in [-0.05, 0) is 68.1 Å². The second-order valence-corrected chi connectivity index (χ2v) is 8.91. The number of amides is 2. The summed E-state index contributed by atoms with van der Waals surface area (Å²) >= 11 is 2.53. The predicted octanol–water partition coefficient (Wildman–Crippen LogP) is 4.75. The summed E-state index contributed by atoms with van der Waals surface area (Å²) < 4.78 is 0.622. The molecule has 3 aromatic rings. The fraction of sp³-hybridized carbons (Fsp3) is 0.238. The number of hydrogen-bond donors (Lipinski definition) is 2. The Kier molecular flexibility index (Phi) is 6.66. The maximum absolute atomic E-state index is 12.4. The lowest BCUT2D eigenvalue weighted by Crippen LogP contribution is -2.15. The molecule has 0 aliphatic heterocycles. The van der Waals surface area contributed by atoms with Crippen molar-refractivity contribution < 1.29 is 9.59 Å². The van der Waals surface area contributed by atoms with E-state index in [1.807, 2.05) is 58.0 Å². The van der Waals surface area contributed by atoms with Crippen molar-refractivity contribution in [3.8, 4) is 0 Å². The number of aryl methyl sites for hydroxylation is 3. The van der Waals surface area contributed by atoms with Crippen molar-refractivity contribution in [2.24, 2.45) is 0 Å². The minimum Gasteiger partial charge on any atom is -0.325 e. The maximum Gasteiger partial charge on any atom is 0.257 e. The zero-order chi connectivity index (χ0) is 21.0. The van der Waals surface area contributed by atoms with Crippen LogP contribution in [0.3, 0.4) is 0 Å². The van der Waals surface area contributed by atoms with Gasteiger partial charge >= 0.3 is 0 Å². The van der Waals surface area contributed by atoms with Crippen molar-refractivity contribution in [3.63, 3.8) is 0 Å². The summed E-state index contributed by atoms with van der Waals surface area (Å²) in [5, 5.41) is 14.1. The van der Waals surface area contributed by atoms with Gasteiger partial charge in [-0.3, -0.25) is 14.9 Å². The van der Waals surface area contributed by atoms with Gasteiger partial charge in [0.25, 0.3) is 5.91 Å². The van der Waals surface area contributed by atoms with Crippen LogP contribution in [0, 0.1) is 27.7 Å². The molecule has 29 heavy (non-hydrogen) atoms. The average Bonchev–Trinajstić information content (AvgIpc) is 3.13. The summed E-state index contributed by atoms with van der Waals surface area (Å²) in [6.07, 6.45) is 0. The minimum absolute atomic E-state index is 0.111. The molecule has 2 amide bonds. The largest absolute Gasteiger partial charge is 0.325 e. The quantitative estimate of drug-likeness (QED) is 0.439. The number of benzene rings is 2. The second-order valence-electron chi connectivity index (χ2n) is 6.71. The Morgan fingerprint density at radius 2 is 1.76 bits per heavy atom. The number of anilines is 2. The van der Waals surface area contributed by atoms with Gasteiger partial charge in [0.05, 0.1) is 5.75 Å². The fourth-order valence-corrected chi connectivity index (χ4v) is 4.12. The smallest absolute Gasteiger partial charge is 0.257 e. The van der Waals surface area contributed by atoms with Crippen LogP contribution in [0.2, 0.25) is 0 Å². The standard InChI is InChI=1S/C21H22N4O2S2/c1-12-8-9-16(10-14(12)3)19(27)23-20-24-25-21(29-20)28-11-18(26)22-17-7-5-6-13(2)15(17)4/h5-10H,11H2,1-4H3,(H,22,26)(H,23,24,27). The number of hydrogen-bond acceptors (Lipinski definition) is 6. The third-order valence-corrected chi connectivity index (χ3v) is 6.57. The third-order valence-electron chi connectivity index (χ3n) is 4.60. The molecule has 8 heteroatoms. The number of carbonyl (C=O) groups is 2. The van der Waals surface area contributed by atoms with E-state index in [1.165, 1.54) is 23.1 Å². The summed E-state index contributed by atoms with van der Waals surface area (Å²) in [5.41, 5.74) is 5.76. The van der Waals surface area contributed by atoms with Crippen LogP contribution in [0.5, 0.6) is 0 Å². The first-order valence-electron chi connectivity index (χ1n) is 9.04. The Labute approximate surface area is 178 Å². The Morgan fingerprint density at radius 3 is 2.52 bits per heavy atom. The van der Waals surface area contributed by atoms with Crippen LogP contribution < -0.4 is 10.6 Å². The lowest BCUT2D eigenvalue weighted by Gasteiger charge is -2.09. The molecule has 0 unspecified atom stereocenters. The molecule has 150 valence electrons. The molecular formula is C21H22N4O2S2. The van der Waals surface area contributed by atoms with Crippen molar-refractivity contribution in [3.05, 3.63) is 64.2 Å². The molecule has 1 aromatic heterocycles. The first-order valence-corrected chi connectivity index (χ1v) is 10.8. The van der Waals surface area contributed by atoms with Crippen LogP contribution in [-0.2, 0) is 4.79 Å². The molecule has 0 radical (unpaired) electrons. The highest BCUT2D eigenvalue weighted by molar-refractivity contribution is 8.01. The van der Waals surface area contributed by atoms with Crippen LogP contribution in [0.4, 0.5) is 10.8 Å². The maximum atomic E-state index is 12.4. The van der Waals surface area contributed by atoms with Crippen molar-refractivity contribution in [1.29, 1.82) is 0 Å². The lowest BCUT2D eigenvalue weighted by molar-refractivity contribution is -0.113. The van der Waals surface area contributed by atoms with E-state index in [1.54, 1.807) is 6.07 Å². The highest BCUT2D eigenvalue weighted by Gasteiger charge is 2.13. The molecule has 0 spiro atoms. The van der Waals surface area contributed by atoms with Gasteiger partial charge in [-0.15, -0.1) is 10.2 Å².